The van der Waals surface area contributed by atoms with Crippen LogP contribution in [0.15, 0.2) is 0 Å². The maximum atomic E-state index is 9.27. The minimum Gasteiger partial charge on any atom is -0.381 e. The van der Waals surface area contributed by atoms with E-state index in [9.17, 15) is 5.26 Å². The normalized spacial score (nSPS) is 25.2. The fourth-order valence-electron chi connectivity index (χ4n) is 2.88. The van der Waals surface area contributed by atoms with Crippen LogP contribution in [0.3, 0.4) is 0 Å². The van der Waals surface area contributed by atoms with Crippen LogP contribution >= 0.6 is 0 Å². The van der Waals surface area contributed by atoms with Crippen LogP contribution in [0.1, 0.15) is 65.2 Å². The molecule has 3 unspecified atom stereocenters. The number of nitriles is 1. The average Bonchev–Trinajstić information content (AvgIpc) is 2.53. The highest BCUT2D eigenvalue weighted by Gasteiger charge is 2.23. The number of unbranched alkanes of at least 4 members (excludes halogenated alkanes) is 1. The molecule has 4 heteroatoms. The molecule has 21 heavy (non-hydrogen) atoms. The van der Waals surface area contributed by atoms with Gasteiger partial charge in [-0.1, -0.05) is 6.92 Å². The predicted octanol–water partition coefficient (Wildman–Crippen LogP) is 3.41. The van der Waals surface area contributed by atoms with E-state index < -0.39 is 0 Å². The van der Waals surface area contributed by atoms with E-state index in [0.29, 0.717) is 12.2 Å². The molecule has 1 rings (SSSR count). The molecule has 0 amide bonds. The monoisotopic (exact) mass is 296 g/mol. The third-order valence-electron chi connectivity index (χ3n) is 4.35. The van der Waals surface area contributed by atoms with Gasteiger partial charge in [0.2, 0.25) is 0 Å². The number of ether oxygens (including phenoxy) is 2. The second-order valence-electron chi connectivity index (χ2n) is 6.34. The lowest BCUT2D eigenvalue weighted by Crippen LogP contribution is -2.41. The summed E-state index contributed by atoms with van der Waals surface area (Å²) in [6.07, 6.45) is 9.31. The Morgan fingerprint density at radius 1 is 1.29 bits per heavy atom. The Morgan fingerprint density at radius 2 is 2.05 bits per heavy atom. The first kappa shape index (κ1) is 18.4. The highest BCUT2D eigenvalue weighted by atomic mass is 16.5. The summed E-state index contributed by atoms with van der Waals surface area (Å²) in [7, 11) is 1.79. The van der Waals surface area contributed by atoms with Gasteiger partial charge in [-0.2, -0.15) is 5.26 Å². The van der Waals surface area contributed by atoms with Crippen molar-refractivity contribution in [3.8, 4) is 6.07 Å². The fourth-order valence-corrected chi connectivity index (χ4v) is 2.88. The first-order chi connectivity index (χ1) is 10.1. The predicted molar refractivity (Wildman–Crippen MR) is 85.2 cm³/mol. The zero-order valence-corrected chi connectivity index (χ0v) is 14.0. The summed E-state index contributed by atoms with van der Waals surface area (Å²) < 4.78 is 11.4. The van der Waals surface area contributed by atoms with E-state index in [1.54, 1.807) is 7.11 Å². The Bertz CT molecular complexity index is 316. The second-order valence-corrected chi connectivity index (χ2v) is 6.34. The number of hydrogen-bond acceptors (Lipinski definition) is 4. The SMILES string of the molecule is CCCNC(C)(C#N)CCCCOC1CCCC(OC)C1. The molecular formula is C17H32N2O2. The van der Waals surface area contributed by atoms with Crippen LogP contribution in [0.2, 0.25) is 0 Å². The Hall–Kier alpha value is -0.630. The smallest absolute Gasteiger partial charge is 0.103 e. The zero-order chi connectivity index (χ0) is 15.6. The van der Waals surface area contributed by atoms with Gasteiger partial charge in [0.1, 0.15) is 5.54 Å². The molecule has 0 heterocycles. The summed E-state index contributed by atoms with van der Waals surface area (Å²) in [6, 6.07) is 2.40. The van der Waals surface area contributed by atoms with Crippen molar-refractivity contribution in [1.29, 1.82) is 5.26 Å². The lowest BCUT2D eigenvalue weighted by Gasteiger charge is -2.28. The van der Waals surface area contributed by atoms with Crippen LogP contribution in [-0.4, -0.2) is 38.0 Å². The molecular weight excluding hydrogens is 264 g/mol. The number of methoxy groups -OCH3 is 1. The van der Waals surface area contributed by atoms with Crippen molar-refractivity contribution in [3.63, 3.8) is 0 Å². The van der Waals surface area contributed by atoms with Crippen LogP contribution in [0.5, 0.6) is 0 Å². The van der Waals surface area contributed by atoms with Gasteiger partial charge in [-0.05, 0) is 64.8 Å². The van der Waals surface area contributed by atoms with Crippen molar-refractivity contribution in [2.75, 3.05) is 20.3 Å². The molecule has 0 spiro atoms. The van der Waals surface area contributed by atoms with E-state index in [0.717, 1.165) is 51.7 Å². The van der Waals surface area contributed by atoms with Gasteiger partial charge in [0.25, 0.3) is 0 Å². The highest BCUT2D eigenvalue weighted by molar-refractivity contribution is 5.03. The summed E-state index contributed by atoms with van der Waals surface area (Å²) >= 11 is 0. The van der Waals surface area contributed by atoms with Gasteiger partial charge in [0, 0.05) is 13.7 Å². The molecule has 1 N–H and O–H groups in total. The van der Waals surface area contributed by atoms with Crippen LogP contribution in [0.25, 0.3) is 0 Å². The number of nitrogens with zero attached hydrogens (tertiary/aromatic N) is 1. The maximum absolute atomic E-state index is 9.27. The van der Waals surface area contributed by atoms with Crippen LogP contribution in [0.4, 0.5) is 0 Å². The number of hydrogen-bond donors (Lipinski definition) is 1. The maximum Gasteiger partial charge on any atom is 0.103 e. The van der Waals surface area contributed by atoms with Gasteiger partial charge in [-0.25, -0.2) is 0 Å². The van der Waals surface area contributed by atoms with E-state index >= 15 is 0 Å². The molecule has 1 fully saturated rings. The third kappa shape index (κ3) is 7.26. The molecule has 0 radical (unpaired) electrons. The van der Waals surface area contributed by atoms with E-state index in [-0.39, 0.29) is 5.54 Å². The van der Waals surface area contributed by atoms with Crippen LogP contribution < -0.4 is 5.32 Å². The van der Waals surface area contributed by atoms with Gasteiger partial charge >= 0.3 is 0 Å². The molecule has 1 aliphatic rings. The largest absolute Gasteiger partial charge is 0.381 e. The van der Waals surface area contributed by atoms with Crippen molar-refractivity contribution < 1.29 is 9.47 Å². The average molecular weight is 296 g/mol. The van der Waals surface area contributed by atoms with Crippen molar-refractivity contribution in [2.45, 2.75) is 83.0 Å². The summed E-state index contributed by atoms with van der Waals surface area (Å²) in [5, 5.41) is 12.6. The summed E-state index contributed by atoms with van der Waals surface area (Å²) in [4.78, 5) is 0. The van der Waals surface area contributed by atoms with E-state index in [1.807, 2.05) is 6.92 Å². The molecule has 0 aromatic carbocycles. The van der Waals surface area contributed by atoms with Gasteiger partial charge < -0.3 is 9.47 Å². The molecule has 1 saturated carbocycles. The molecule has 0 saturated heterocycles. The second kappa shape index (κ2) is 10.2. The van der Waals surface area contributed by atoms with E-state index in [2.05, 4.69) is 18.3 Å². The quantitative estimate of drug-likeness (QED) is 0.628. The Balaban J connectivity index is 2.12. The zero-order valence-electron chi connectivity index (χ0n) is 14.0. The van der Waals surface area contributed by atoms with E-state index in [1.165, 1.54) is 12.8 Å². The minimum atomic E-state index is -0.387. The minimum absolute atomic E-state index is 0.365. The van der Waals surface area contributed by atoms with Gasteiger partial charge in [0.05, 0.1) is 18.3 Å². The molecule has 0 bridgehead atoms. The van der Waals surface area contributed by atoms with Crippen LogP contribution in [-0.2, 0) is 9.47 Å². The first-order valence-electron chi connectivity index (χ1n) is 8.44. The summed E-state index contributed by atoms with van der Waals surface area (Å²) in [5.41, 5.74) is -0.387. The van der Waals surface area contributed by atoms with Crippen LogP contribution in [0, 0.1) is 11.3 Å². The Labute approximate surface area is 130 Å². The summed E-state index contributed by atoms with van der Waals surface area (Å²) in [5.74, 6) is 0. The lowest BCUT2D eigenvalue weighted by molar-refractivity contribution is -0.0304. The Morgan fingerprint density at radius 3 is 2.71 bits per heavy atom. The van der Waals surface area contributed by atoms with Crippen molar-refractivity contribution >= 4 is 0 Å². The molecule has 4 nitrogen and oxygen atoms in total. The van der Waals surface area contributed by atoms with Crippen molar-refractivity contribution in [3.05, 3.63) is 0 Å². The lowest BCUT2D eigenvalue weighted by atomic mass is 9.94. The molecule has 0 aromatic heterocycles. The molecule has 0 aromatic rings. The van der Waals surface area contributed by atoms with Gasteiger partial charge in [-0.3, -0.25) is 5.32 Å². The molecule has 0 aliphatic heterocycles. The molecule has 3 atom stereocenters. The van der Waals surface area contributed by atoms with Crippen molar-refractivity contribution in [2.24, 2.45) is 0 Å². The summed E-state index contributed by atoms with van der Waals surface area (Å²) in [6.45, 7) is 5.82. The fraction of sp³-hybridized carbons (Fsp3) is 0.941. The standard InChI is InChI=1S/C17H32N2O2/c1-4-11-19-17(2,14-18)10-5-6-12-21-16-9-7-8-15(13-16)20-3/h15-16,19H,4-13H2,1-3H3. The highest BCUT2D eigenvalue weighted by Crippen LogP contribution is 2.23. The number of rotatable bonds is 10. The third-order valence-corrected chi connectivity index (χ3v) is 4.35. The van der Waals surface area contributed by atoms with E-state index in [4.69, 9.17) is 9.47 Å². The molecule has 1 aliphatic carbocycles. The van der Waals surface area contributed by atoms with Crippen molar-refractivity contribution in [1.82, 2.24) is 5.32 Å². The Kier molecular flexibility index (Phi) is 8.91. The topological polar surface area (TPSA) is 54.3 Å². The first-order valence-corrected chi connectivity index (χ1v) is 8.44. The number of nitrogens with one attached hydrogen (secondary N) is 1. The van der Waals surface area contributed by atoms with Gasteiger partial charge in [-0.15, -0.1) is 0 Å². The molecule has 122 valence electrons. The van der Waals surface area contributed by atoms with Gasteiger partial charge in [0.15, 0.2) is 0 Å².